The maximum atomic E-state index is 15.4. The number of hydrogen-bond acceptors (Lipinski definition) is 11. The third-order valence-corrected chi connectivity index (χ3v) is 12.5. The Labute approximate surface area is 449 Å². The van der Waals surface area contributed by atoms with Crippen LogP contribution in [0.2, 0.25) is 0 Å². The molecule has 1 aliphatic rings. The van der Waals surface area contributed by atoms with Gasteiger partial charge in [-0.2, -0.15) is 18.2 Å². The average Bonchev–Trinajstić information content (AvgIpc) is 3.30. The maximum absolute atomic E-state index is 15.4. The van der Waals surface area contributed by atoms with Crippen LogP contribution in [0.25, 0.3) is 53.5 Å². The first-order valence-corrected chi connectivity index (χ1v) is 23.9. The second kappa shape index (κ2) is 22.5. The molecular weight excluding hydrogens is 951 g/mol. The number of unbranched alkanes of at least 4 members (excludes halogenated alkanes) is 2. The molecule has 1 heterocycles. The summed E-state index contributed by atoms with van der Waals surface area (Å²) < 4.78 is 74.5. The van der Waals surface area contributed by atoms with Gasteiger partial charge in [-0.25, -0.2) is 13.3 Å². The first-order chi connectivity index (χ1) is 32.6. The van der Waals surface area contributed by atoms with Gasteiger partial charge in [0.1, 0.15) is 27.4 Å². The summed E-state index contributed by atoms with van der Waals surface area (Å²) in [5.41, 5.74) is 12.2. The largest absolute Gasteiger partial charge is 1.00 e. The van der Waals surface area contributed by atoms with Crippen LogP contribution in [-0.4, -0.2) is 44.0 Å². The van der Waals surface area contributed by atoms with Crippen LogP contribution in [0.1, 0.15) is 96.2 Å². The van der Waals surface area contributed by atoms with E-state index in [1.54, 1.807) is 36.4 Å². The van der Waals surface area contributed by atoms with Gasteiger partial charge >= 0.3 is 69.7 Å². The number of amides is 2. The number of ether oxygens (including phenoxy) is 2. The minimum Gasteiger partial charge on any atom is -0.744 e. The smallest absolute Gasteiger partial charge is 0.744 e. The number of azide groups is 1. The van der Waals surface area contributed by atoms with Crippen molar-refractivity contribution in [1.82, 2.24) is 0 Å². The van der Waals surface area contributed by atoms with E-state index in [1.807, 2.05) is 76.2 Å². The van der Waals surface area contributed by atoms with Crippen LogP contribution in [-0.2, 0) is 20.7 Å². The van der Waals surface area contributed by atoms with Crippen molar-refractivity contribution in [2.24, 2.45) is 5.11 Å². The first kappa shape index (κ1) is 53.5. The molecule has 0 radical (unpaired) electrons. The van der Waals surface area contributed by atoms with Gasteiger partial charge in [-0.3, -0.25) is 9.59 Å². The summed E-state index contributed by atoms with van der Waals surface area (Å²) in [7, 11) is -7.85. The van der Waals surface area contributed by atoms with E-state index in [-0.39, 0.29) is 93.6 Å². The van der Waals surface area contributed by atoms with Gasteiger partial charge < -0.3 is 14.0 Å². The van der Waals surface area contributed by atoms with E-state index in [0.717, 1.165) is 51.1 Å². The molecule has 0 N–H and O–H groups in total. The normalized spacial score (nSPS) is 12.0. The maximum Gasteiger partial charge on any atom is 1.00 e. The molecular formula is C52H40N4Na2O10S2. The molecule has 14 nitrogen and oxygen atoms in total. The zero-order chi connectivity index (χ0) is 48.4. The van der Waals surface area contributed by atoms with Crippen LogP contribution < -0.4 is 73.5 Å². The van der Waals surface area contributed by atoms with Crippen molar-refractivity contribution in [3.05, 3.63) is 154 Å². The summed E-state index contributed by atoms with van der Waals surface area (Å²) in [5.74, 6) is 6.92. The fraction of sp³-hybridized carbons (Fsp3) is 0.192. The first-order valence-electron chi connectivity index (χ1n) is 21.5. The standard InChI is InChI=1S/C52H41N4O7S.2Na.O3S/c1-30(2)36-17-12-18-37(31(3)4)50(36)56-51(57)41-28-43(63-34-22-24-35(25-23-34)64(59,60)61)47-39-20-13-19-38-32(14-8-5-6-11-27-54-55-53)21-26-40(45(38)39)48-44(62-33-15-9-7-10-16-33)29-42(52(56)58)46(41)49(47)48;;;1-4(2)3/h9-10,12-13,15-26,28-31H,5-6,11,27H2,1-4H3,(H,59,60,61);;;/q-1;2*+1;/p-1. The Morgan fingerprint density at radius 3 is 1.79 bits per heavy atom. The molecule has 9 rings (SSSR count). The molecule has 1 aliphatic heterocycles. The minimum absolute atomic E-state index is 0. The molecule has 0 saturated carbocycles. The molecule has 0 fully saturated rings. The van der Waals surface area contributed by atoms with Crippen LogP contribution in [0.3, 0.4) is 0 Å². The minimum atomic E-state index is -4.74. The zero-order valence-corrected chi connectivity index (χ0v) is 44.7. The number of anilines is 1. The van der Waals surface area contributed by atoms with E-state index >= 15 is 9.59 Å². The zero-order valence-electron chi connectivity index (χ0n) is 39.1. The average molecular weight is 991 g/mol. The summed E-state index contributed by atoms with van der Waals surface area (Å²) >= 11 is 0. The topological polar surface area (TPSA) is 213 Å². The molecule has 2 amide bonds. The fourth-order valence-electron chi connectivity index (χ4n) is 8.82. The van der Waals surface area contributed by atoms with Crippen LogP contribution >= 0.6 is 0 Å². The third-order valence-electron chi connectivity index (χ3n) is 11.7. The van der Waals surface area contributed by atoms with Crippen molar-refractivity contribution >= 4 is 81.3 Å². The Morgan fingerprint density at radius 1 is 0.714 bits per heavy atom. The molecule has 0 aliphatic carbocycles. The van der Waals surface area contributed by atoms with E-state index in [4.69, 9.17) is 27.6 Å². The summed E-state index contributed by atoms with van der Waals surface area (Å²) in [5, 5.41) is 9.12. The number of benzene rings is 8. The molecule has 0 spiro atoms. The van der Waals surface area contributed by atoms with Gasteiger partial charge in [-0.05, 0) is 105 Å². The molecule has 18 heteroatoms. The molecule has 8 aromatic carbocycles. The molecule has 342 valence electrons. The molecule has 0 bridgehead atoms. The van der Waals surface area contributed by atoms with E-state index in [1.165, 1.54) is 29.2 Å². The second-order valence-corrected chi connectivity index (χ2v) is 18.3. The molecule has 8 aromatic rings. The molecule has 0 unspecified atom stereocenters. The van der Waals surface area contributed by atoms with Gasteiger partial charge in [0.15, 0.2) is 0 Å². The van der Waals surface area contributed by atoms with Crippen molar-refractivity contribution in [2.45, 2.75) is 63.7 Å². The van der Waals surface area contributed by atoms with Crippen molar-refractivity contribution in [3.63, 3.8) is 0 Å². The SMILES string of the molecule is CC(C)c1cccc(C(C)C)c1N1C(=O)c2cc(Oc3ccc(S(=O)(=O)[O-])cc3)c3c4cccc5c(C#CCCCCN=[N+]=[N-])ccc(c6c(Oc7cc[c-]cc7)cc(c2c36)C1=O)c54.O=S(=O)=O.[Na+].[Na+]. The Kier molecular flexibility index (Phi) is 17.2. The van der Waals surface area contributed by atoms with Crippen molar-refractivity contribution in [2.75, 3.05) is 11.4 Å². The predicted octanol–water partition coefficient (Wildman–Crippen LogP) is 5.91. The Hall–Kier alpha value is -5.80. The second-order valence-electron chi connectivity index (χ2n) is 16.6. The third kappa shape index (κ3) is 10.6. The van der Waals surface area contributed by atoms with Gasteiger partial charge in [0.25, 0.3) is 11.8 Å². The Balaban J connectivity index is 0.00000129. The quantitative estimate of drug-likeness (QED) is 0.0121. The van der Waals surface area contributed by atoms with E-state index in [0.29, 0.717) is 51.7 Å². The van der Waals surface area contributed by atoms with E-state index in [2.05, 4.69) is 27.9 Å². The van der Waals surface area contributed by atoms with E-state index < -0.39 is 37.4 Å². The number of hydrogen-bond donors (Lipinski definition) is 0. The number of carbonyl (C=O) groups is 2. The predicted molar refractivity (Wildman–Crippen MR) is 258 cm³/mol. The van der Waals surface area contributed by atoms with Gasteiger partial charge in [0.05, 0.1) is 21.7 Å². The Bertz CT molecular complexity index is 3660. The summed E-state index contributed by atoms with van der Waals surface area (Å²) in [6.07, 6.45) is 2.10. The number of imide groups is 1. The van der Waals surface area contributed by atoms with Crippen LogP contribution in [0, 0.1) is 17.9 Å². The van der Waals surface area contributed by atoms with Gasteiger partial charge in [-0.15, -0.1) is 24.8 Å². The fourth-order valence-corrected chi connectivity index (χ4v) is 9.29. The molecule has 0 saturated heterocycles. The van der Waals surface area contributed by atoms with Crippen LogP contribution in [0.5, 0.6) is 23.0 Å². The number of fused-ring (bicyclic) bond motifs is 2. The van der Waals surface area contributed by atoms with Gasteiger partial charge in [0.2, 0.25) is 0 Å². The number of para-hydroxylation sites is 1. The molecule has 0 aromatic heterocycles. The molecule has 0 atom stereocenters. The summed E-state index contributed by atoms with van der Waals surface area (Å²) in [4.78, 5) is 34.5. The van der Waals surface area contributed by atoms with Gasteiger partial charge in [-0.1, -0.05) is 87.1 Å². The van der Waals surface area contributed by atoms with Crippen molar-refractivity contribution in [1.29, 1.82) is 0 Å². The summed E-state index contributed by atoms with van der Waals surface area (Å²) in [6, 6.07) is 34.3. The molecule has 70 heavy (non-hydrogen) atoms. The number of nitrogens with zero attached hydrogens (tertiary/aromatic N) is 4. The number of carbonyl (C=O) groups excluding carboxylic acids is 2. The number of rotatable bonds is 12. The Morgan fingerprint density at radius 2 is 1.24 bits per heavy atom. The van der Waals surface area contributed by atoms with Crippen molar-refractivity contribution in [3.8, 4) is 34.8 Å². The monoisotopic (exact) mass is 990 g/mol. The van der Waals surface area contributed by atoms with Gasteiger partial charge in [0, 0.05) is 50.7 Å². The van der Waals surface area contributed by atoms with Crippen LogP contribution in [0.4, 0.5) is 5.69 Å². The summed E-state index contributed by atoms with van der Waals surface area (Å²) in [6.45, 7) is 8.53. The van der Waals surface area contributed by atoms with E-state index in [9.17, 15) is 13.0 Å². The van der Waals surface area contributed by atoms with Crippen molar-refractivity contribution < 1.29 is 104 Å². The van der Waals surface area contributed by atoms with Crippen LogP contribution in [0.15, 0.2) is 119 Å².